The van der Waals surface area contributed by atoms with Gasteiger partial charge in [0.1, 0.15) is 6.61 Å². The average Bonchev–Trinajstić information content (AvgIpc) is 2.69. The summed E-state index contributed by atoms with van der Waals surface area (Å²) < 4.78 is 5.53. The zero-order valence-electron chi connectivity index (χ0n) is 11.3. The first kappa shape index (κ1) is 16.7. The summed E-state index contributed by atoms with van der Waals surface area (Å²) >= 11 is 0. The van der Waals surface area contributed by atoms with Crippen LogP contribution in [-0.4, -0.2) is 24.0 Å². The van der Waals surface area contributed by atoms with Gasteiger partial charge < -0.3 is 12.2 Å². The molecule has 4 heteroatoms. The Kier molecular flexibility index (Phi) is 6.49. The molecule has 0 aromatic carbocycles. The first-order chi connectivity index (χ1) is 7.11. The minimum atomic E-state index is 0. The summed E-state index contributed by atoms with van der Waals surface area (Å²) in [6.45, 7) is 9.69. The van der Waals surface area contributed by atoms with Crippen molar-refractivity contribution in [3.63, 3.8) is 0 Å². The number of aryl methyl sites for hydroxylation is 2. The van der Waals surface area contributed by atoms with E-state index in [2.05, 4.69) is 23.8 Å². The molecule has 0 unspecified atom stereocenters. The second-order valence-corrected chi connectivity index (χ2v) is 3.94. The number of ether oxygens (including phenoxy) is 1. The second kappa shape index (κ2) is 6.60. The summed E-state index contributed by atoms with van der Waals surface area (Å²) in [7, 11) is 0. The topological polar surface area (TPSA) is 34.5 Å². The van der Waals surface area contributed by atoms with Crippen molar-refractivity contribution in [2.75, 3.05) is 13.2 Å². The Balaban J connectivity index is 0.00000128. The van der Waals surface area contributed by atoms with Crippen LogP contribution in [0.4, 0.5) is 0 Å². The Morgan fingerprint density at radius 3 is 1.94 bits per heavy atom. The molecule has 0 fully saturated rings. The molecule has 1 aromatic rings. The average molecular weight is 308 g/mol. The van der Waals surface area contributed by atoms with E-state index in [1.165, 1.54) is 11.1 Å². The maximum atomic E-state index is 5.53. The fourth-order valence-corrected chi connectivity index (χ4v) is 1.87. The van der Waals surface area contributed by atoms with Gasteiger partial charge in [-0.05, 0) is 38.8 Å². The molecule has 2 rings (SSSR count). The van der Waals surface area contributed by atoms with E-state index in [1.54, 1.807) is 0 Å². The number of nitrogens with zero attached hydrogens (tertiary/aromatic N) is 2. The van der Waals surface area contributed by atoms with Gasteiger partial charge in [0.05, 0.1) is 6.54 Å². The molecule has 1 aromatic heterocycles. The predicted molar refractivity (Wildman–Crippen MR) is 67.0 cm³/mol. The van der Waals surface area contributed by atoms with Crippen molar-refractivity contribution < 1.29 is 37.4 Å². The number of hydrogen-bond donors (Lipinski definition) is 0. The van der Waals surface area contributed by atoms with Gasteiger partial charge in [0, 0.05) is 49.7 Å². The van der Waals surface area contributed by atoms with Crippen LogP contribution in [0.2, 0.25) is 0 Å². The first-order valence-corrected chi connectivity index (χ1v) is 5.23. The van der Waals surface area contributed by atoms with Gasteiger partial charge in [0.2, 0.25) is 5.90 Å². The molecule has 3 nitrogen and oxygen atoms in total. The van der Waals surface area contributed by atoms with E-state index in [0.29, 0.717) is 6.61 Å². The molecule has 1 radical (unpaired) electrons. The van der Waals surface area contributed by atoms with E-state index in [-0.39, 0.29) is 40.1 Å². The van der Waals surface area contributed by atoms with Gasteiger partial charge in [0.25, 0.3) is 0 Å². The van der Waals surface area contributed by atoms with Crippen LogP contribution in [0.1, 0.15) is 28.1 Å². The zero-order chi connectivity index (χ0) is 11.0. The van der Waals surface area contributed by atoms with E-state index in [1.807, 2.05) is 13.8 Å². The van der Waals surface area contributed by atoms with Crippen molar-refractivity contribution in [1.29, 1.82) is 0 Å². The Bertz CT molecular complexity index is 415. The van der Waals surface area contributed by atoms with Crippen molar-refractivity contribution in [3.05, 3.63) is 35.5 Å². The second-order valence-electron chi connectivity index (χ2n) is 3.94. The SMILES string of the molecule is Cc1nc(C)c(C)c(C2=NCCO2)c1C.[CH3-].[Y]. The Morgan fingerprint density at radius 2 is 1.53 bits per heavy atom. The minimum Gasteiger partial charge on any atom is -0.475 e. The van der Waals surface area contributed by atoms with Crippen LogP contribution in [0.5, 0.6) is 0 Å². The number of hydrogen-bond acceptors (Lipinski definition) is 3. The third-order valence-electron chi connectivity index (χ3n) is 2.97. The normalized spacial score (nSPS) is 13.3. The van der Waals surface area contributed by atoms with Crippen LogP contribution in [-0.2, 0) is 37.4 Å². The van der Waals surface area contributed by atoms with Crippen molar-refractivity contribution in [1.82, 2.24) is 4.98 Å². The fourth-order valence-electron chi connectivity index (χ4n) is 1.87. The summed E-state index contributed by atoms with van der Waals surface area (Å²) in [4.78, 5) is 8.87. The maximum Gasteiger partial charge on any atom is 0.216 e. The molecular formula is C13H19N2OY-. The molecule has 0 atom stereocenters. The molecule has 1 aliphatic heterocycles. The molecule has 0 N–H and O–H groups in total. The molecular weight excluding hydrogens is 289 g/mol. The van der Waals surface area contributed by atoms with Crippen LogP contribution in [0.3, 0.4) is 0 Å². The van der Waals surface area contributed by atoms with Crippen LogP contribution in [0.15, 0.2) is 4.99 Å². The molecule has 17 heavy (non-hydrogen) atoms. The van der Waals surface area contributed by atoms with Gasteiger partial charge in [-0.3, -0.25) is 4.98 Å². The van der Waals surface area contributed by atoms with Crippen LogP contribution >= 0.6 is 0 Å². The molecule has 0 bridgehead atoms. The molecule has 0 spiro atoms. The molecule has 0 saturated carbocycles. The van der Waals surface area contributed by atoms with E-state index in [0.717, 1.165) is 29.4 Å². The summed E-state index contributed by atoms with van der Waals surface area (Å²) in [5, 5.41) is 0. The number of pyridine rings is 1. The van der Waals surface area contributed by atoms with Crippen molar-refractivity contribution in [3.8, 4) is 0 Å². The summed E-state index contributed by atoms with van der Waals surface area (Å²) in [5.41, 5.74) is 5.62. The van der Waals surface area contributed by atoms with Gasteiger partial charge in [-0.15, -0.1) is 0 Å². The third kappa shape index (κ3) is 3.14. The smallest absolute Gasteiger partial charge is 0.216 e. The number of rotatable bonds is 1. The van der Waals surface area contributed by atoms with Gasteiger partial charge in [0.15, 0.2) is 0 Å². The Hall–Kier alpha value is -0.276. The van der Waals surface area contributed by atoms with Crippen LogP contribution in [0, 0.1) is 35.1 Å². The van der Waals surface area contributed by atoms with E-state index >= 15 is 0 Å². The largest absolute Gasteiger partial charge is 0.475 e. The Morgan fingerprint density at radius 1 is 1.00 bits per heavy atom. The first-order valence-electron chi connectivity index (χ1n) is 5.23. The summed E-state index contributed by atoms with van der Waals surface area (Å²) in [5.74, 6) is 0.790. The van der Waals surface area contributed by atoms with E-state index in [9.17, 15) is 0 Å². The minimum absolute atomic E-state index is 0. The predicted octanol–water partition coefficient (Wildman–Crippen LogP) is 2.54. The molecule has 2 heterocycles. The van der Waals surface area contributed by atoms with E-state index < -0.39 is 0 Å². The molecule has 0 aliphatic carbocycles. The summed E-state index contributed by atoms with van der Waals surface area (Å²) in [6, 6.07) is 0. The van der Waals surface area contributed by atoms with Gasteiger partial charge in [-0.2, -0.15) is 0 Å². The van der Waals surface area contributed by atoms with Crippen LogP contribution < -0.4 is 0 Å². The molecule has 91 valence electrons. The Labute approximate surface area is 129 Å². The van der Waals surface area contributed by atoms with Crippen molar-refractivity contribution in [2.24, 2.45) is 4.99 Å². The molecule has 0 saturated heterocycles. The van der Waals surface area contributed by atoms with Crippen molar-refractivity contribution in [2.45, 2.75) is 27.7 Å². The van der Waals surface area contributed by atoms with Crippen molar-refractivity contribution >= 4 is 5.90 Å². The van der Waals surface area contributed by atoms with E-state index in [4.69, 9.17) is 4.74 Å². The summed E-state index contributed by atoms with van der Waals surface area (Å²) in [6.07, 6.45) is 0. The van der Waals surface area contributed by atoms with Gasteiger partial charge in [-0.25, -0.2) is 4.99 Å². The quantitative estimate of drug-likeness (QED) is 0.747. The molecule has 1 aliphatic rings. The van der Waals surface area contributed by atoms with Gasteiger partial charge in [-0.1, -0.05) is 0 Å². The number of aromatic nitrogens is 1. The monoisotopic (exact) mass is 308 g/mol. The van der Waals surface area contributed by atoms with Crippen LogP contribution in [0.25, 0.3) is 0 Å². The molecule has 0 amide bonds. The third-order valence-corrected chi connectivity index (χ3v) is 2.97. The maximum absolute atomic E-state index is 5.53. The van der Waals surface area contributed by atoms with Gasteiger partial charge >= 0.3 is 0 Å². The zero-order valence-corrected chi connectivity index (χ0v) is 14.1. The fraction of sp³-hybridized carbons (Fsp3) is 0.462. The number of aliphatic imine (C=N–C) groups is 1. The standard InChI is InChI=1S/C12H16N2O.CH3.Y/c1-7-9(3)14-10(4)8(2)11(7)12-13-5-6-15-12;;/h5-6H2,1-4H3;1H3;/q;-1;.